The minimum absolute atomic E-state index is 0. The van der Waals surface area contributed by atoms with E-state index in [-0.39, 0.29) is 58.9 Å². The number of unbranched alkanes of at least 4 members (excludes halogenated alkanes) is 6. The van der Waals surface area contributed by atoms with Crippen LogP contribution < -0.4 is 30.1 Å². The van der Waals surface area contributed by atoms with Crippen LogP contribution in [0.4, 0.5) is 0 Å². The maximum atomic E-state index is 2.47. The number of hydrogen-bond donors (Lipinski definition) is 0. The van der Waals surface area contributed by atoms with E-state index < -0.39 is 0 Å². The summed E-state index contributed by atoms with van der Waals surface area (Å²) >= 11 is 0. The van der Waals surface area contributed by atoms with E-state index in [4.69, 9.17) is 0 Å². The van der Waals surface area contributed by atoms with Crippen LogP contribution in [0, 0.1) is 18.3 Å². The number of halogens is 2. The molecule has 0 N–H and O–H groups in total. The summed E-state index contributed by atoms with van der Waals surface area (Å²) in [4.78, 5) is 0. The molecule has 4 rings (SSSR count). The Kier molecular flexibility index (Phi) is 20.4. The van der Waals surface area contributed by atoms with Crippen LogP contribution in [0.3, 0.4) is 0 Å². The van der Waals surface area contributed by atoms with E-state index in [0.29, 0.717) is 0 Å². The van der Waals surface area contributed by atoms with Crippen molar-refractivity contribution in [2.45, 2.75) is 78.1 Å². The molecule has 186 valence electrons. The second-order valence-corrected chi connectivity index (χ2v) is 11.8. The molecule has 0 aromatic heterocycles. The summed E-state index contributed by atoms with van der Waals surface area (Å²) in [7, 11) is 0.0642. The Labute approximate surface area is 242 Å². The van der Waals surface area contributed by atoms with Crippen molar-refractivity contribution < 1.29 is 51.0 Å². The predicted octanol–water partition coefficient (Wildman–Crippen LogP) is 3.17. The summed E-state index contributed by atoms with van der Waals surface area (Å²) in [5.74, 6) is 1.62. The Hall–Kier alpha value is 0.203. The molecular weight excluding hydrogens is 553 g/mol. The molecule has 2 aliphatic carbocycles. The Bertz CT molecular complexity index is 750. The minimum Gasteiger partial charge on any atom is -1.00 e. The molecule has 0 bridgehead atoms. The van der Waals surface area contributed by atoms with Gasteiger partial charge in [0.05, 0.1) is 0 Å². The molecule has 0 heterocycles. The van der Waals surface area contributed by atoms with E-state index >= 15 is 0 Å². The molecule has 0 aliphatic heterocycles. The zero-order valence-corrected chi connectivity index (χ0v) is 26.1. The largest absolute Gasteiger partial charge is 4.00 e. The van der Waals surface area contributed by atoms with E-state index in [9.17, 15) is 0 Å². The van der Waals surface area contributed by atoms with Gasteiger partial charge in [-0.15, -0.1) is 52.3 Å². The fourth-order valence-electron chi connectivity index (χ4n) is 4.84. The maximum absolute atomic E-state index is 2.47. The van der Waals surface area contributed by atoms with Crippen molar-refractivity contribution in [3.63, 3.8) is 0 Å². The maximum Gasteiger partial charge on any atom is 4.00 e. The second kappa shape index (κ2) is 20.3. The number of fused-ring (bicyclic) bond motifs is 2. The third kappa shape index (κ3) is 11.5. The van der Waals surface area contributed by atoms with Gasteiger partial charge in [0.15, 0.2) is 0 Å². The van der Waals surface area contributed by atoms with Crippen LogP contribution in [0.5, 0.6) is 0 Å². The van der Waals surface area contributed by atoms with Crippen LogP contribution in [0.15, 0.2) is 60.7 Å². The average Bonchev–Trinajstić information content (AvgIpc) is 3.45. The van der Waals surface area contributed by atoms with Gasteiger partial charge >= 0.3 is 26.2 Å². The van der Waals surface area contributed by atoms with Gasteiger partial charge in [-0.1, -0.05) is 91.0 Å². The standard InChI is InChI=1S/C21H32P.C9H11.2ClH.Zr/c1-3-5-7-11-15-22(16-12-8-6-4-2)21-17-19-13-9-10-14-20(19)18-21;1-2-5-9-7-3-6-8(9)4-1;;;/h9-10,13-14,17-18H,3-8,11-12,15-16H2,1-2H3;1-2,4-6,8-9H,3,7H2;2*1H;/q2*-1;;;+4/p-2. The van der Waals surface area contributed by atoms with Gasteiger partial charge in [0, 0.05) is 0 Å². The quantitative estimate of drug-likeness (QED) is 0.213. The van der Waals surface area contributed by atoms with Crippen LogP contribution in [0.2, 0.25) is 0 Å². The second-order valence-electron chi connectivity index (χ2n) is 9.27. The van der Waals surface area contributed by atoms with Gasteiger partial charge in [-0.2, -0.15) is 12.5 Å². The molecule has 2 aliphatic rings. The summed E-state index contributed by atoms with van der Waals surface area (Å²) in [5, 5.41) is 4.53. The number of benzene rings is 1. The smallest absolute Gasteiger partial charge is 1.00 e. The van der Waals surface area contributed by atoms with Gasteiger partial charge in [0.2, 0.25) is 0 Å². The van der Waals surface area contributed by atoms with Crippen molar-refractivity contribution in [2.24, 2.45) is 11.8 Å². The first-order chi connectivity index (χ1) is 15.3. The van der Waals surface area contributed by atoms with E-state index in [1.165, 1.54) is 87.3 Å². The summed E-state index contributed by atoms with van der Waals surface area (Å²) in [6.07, 6.45) is 28.1. The van der Waals surface area contributed by atoms with Crippen LogP contribution in [-0.4, -0.2) is 12.3 Å². The molecule has 0 saturated heterocycles. The zero-order chi connectivity index (χ0) is 21.7. The van der Waals surface area contributed by atoms with E-state index in [2.05, 4.69) is 81.0 Å². The van der Waals surface area contributed by atoms with E-state index in [1.54, 1.807) is 5.30 Å². The molecule has 2 aromatic rings. The molecule has 0 nitrogen and oxygen atoms in total. The first-order valence-electron chi connectivity index (χ1n) is 12.9. The normalized spacial score (nSPS) is 17.9. The molecule has 0 spiro atoms. The summed E-state index contributed by atoms with van der Waals surface area (Å²) in [5.41, 5.74) is 0. The Morgan fingerprint density at radius 3 is 2.12 bits per heavy atom. The average molecular weight is 597 g/mol. The fourth-order valence-corrected chi connectivity index (χ4v) is 7.43. The van der Waals surface area contributed by atoms with Crippen molar-refractivity contribution in [1.82, 2.24) is 0 Å². The van der Waals surface area contributed by atoms with Gasteiger partial charge in [0.1, 0.15) is 0 Å². The van der Waals surface area contributed by atoms with Crippen molar-refractivity contribution in [1.29, 1.82) is 0 Å². The number of rotatable bonds is 11. The SMILES string of the molecule is C1=CC2[CH-]CCC2C=C1.CCCCCCP(CCCCCC)c1cc2ccccc2[cH-]1.[Cl-].[Cl-].[Zr+4]. The summed E-state index contributed by atoms with van der Waals surface area (Å²) in [6.45, 7) is 4.61. The summed E-state index contributed by atoms with van der Waals surface area (Å²) < 4.78 is 0. The molecule has 0 radical (unpaired) electrons. The van der Waals surface area contributed by atoms with Crippen LogP contribution in [0.1, 0.15) is 78.1 Å². The first kappa shape index (κ1) is 34.2. The zero-order valence-electron chi connectivity index (χ0n) is 21.2. The Morgan fingerprint density at radius 2 is 1.50 bits per heavy atom. The van der Waals surface area contributed by atoms with Crippen molar-refractivity contribution in [2.75, 3.05) is 12.3 Å². The third-order valence-electron chi connectivity index (χ3n) is 6.77. The van der Waals surface area contributed by atoms with Gasteiger partial charge in [0.25, 0.3) is 0 Å². The van der Waals surface area contributed by atoms with Crippen molar-refractivity contribution in [3.05, 3.63) is 67.1 Å². The minimum atomic E-state index is 0. The molecule has 2 aromatic carbocycles. The molecule has 4 heteroatoms. The van der Waals surface area contributed by atoms with E-state index in [0.717, 1.165) is 11.8 Å². The van der Waals surface area contributed by atoms with Gasteiger partial charge in [-0.05, 0) is 31.1 Å². The molecule has 2 unspecified atom stereocenters. The van der Waals surface area contributed by atoms with Crippen LogP contribution >= 0.6 is 7.92 Å². The Morgan fingerprint density at radius 1 is 0.853 bits per heavy atom. The third-order valence-corrected chi connectivity index (χ3v) is 9.47. The Balaban J connectivity index is 0.000000764. The summed E-state index contributed by atoms with van der Waals surface area (Å²) in [6, 6.07) is 13.8. The molecule has 1 saturated carbocycles. The predicted molar refractivity (Wildman–Crippen MR) is 143 cm³/mol. The van der Waals surface area contributed by atoms with Gasteiger partial charge in [-0.25, -0.2) is 0 Å². The van der Waals surface area contributed by atoms with Crippen molar-refractivity contribution >= 4 is 24.0 Å². The first-order valence-corrected chi connectivity index (χ1v) is 14.6. The number of allylic oxidation sites excluding steroid dienone is 4. The van der Waals surface area contributed by atoms with Crippen molar-refractivity contribution in [3.8, 4) is 0 Å². The molecule has 0 amide bonds. The molecule has 34 heavy (non-hydrogen) atoms. The van der Waals surface area contributed by atoms with Gasteiger partial charge in [-0.3, -0.25) is 0 Å². The molecular formula is C30H43Cl2PZr. The van der Waals surface area contributed by atoms with Gasteiger partial charge < -0.3 is 31.2 Å². The van der Waals surface area contributed by atoms with Crippen LogP contribution in [0.25, 0.3) is 10.8 Å². The van der Waals surface area contributed by atoms with Crippen LogP contribution in [-0.2, 0) is 26.2 Å². The topological polar surface area (TPSA) is 0 Å². The number of hydrogen-bond acceptors (Lipinski definition) is 0. The molecule has 1 fully saturated rings. The molecule has 2 atom stereocenters. The fraction of sp³-hybridized carbons (Fsp3) is 0.533. The van der Waals surface area contributed by atoms with E-state index in [1.807, 2.05) is 0 Å². The monoisotopic (exact) mass is 594 g/mol.